The Kier molecular flexibility index (Phi) is 1.62. The van der Waals surface area contributed by atoms with Gasteiger partial charge in [0.05, 0.1) is 0 Å². The lowest BCUT2D eigenvalue weighted by atomic mass is 9.84. The van der Waals surface area contributed by atoms with E-state index in [9.17, 15) is 4.79 Å². The summed E-state index contributed by atoms with van der Waals surface area (Å²) >= 11 is 0. The molecule has 1 aliphatic heterocycles. The van der Waals surface area contributed by atoms with Crippen LogP contribution in [-0.4, -0.2) is 23.0 Å². The van der Waals surface area contributed by atoms with E-state index in [-0.39, 0.29) is 0 Å². The van der Waals surface area contributed by atoms with Crippen LogP contribution in [0.5, 0.6) is 0 Å². The van der Waals surface area contributed by atoms with Gasteiger partial charge in [-0.3, -0.25) is 9.80 Å². The SMILES string of the molecule is O=C(C1CCC1)N1NC2CCC1C2. The molecule has 2 unspecified atom stereocenters. The molecule has 0 spiro atoms. The highest BCUT2D eigenvalue weighted by atomic mass is 16.2. The Balaban J connectivity index is 1.68. The van der Waals surface area contributed by atoms with Crippen molar-refractivity contribution in [2.45, 2.75) is 50.6 Å². The molecule has 3 rings (SSSR count). The number of nitrogens with zero attached hydrogens (tertiary/aromatic N) is 1. The van der Waals surface area contributed by atoms with E-state index in [2.05, 4.69) is 5.43 Å². The van der Waals surface area contributed by atoms with Gasteiger partial charge >= 0.3 is 0 Å². The van der Waals surface area contributed by atoms with Crippen LogP contribution in [-0.2, 0) is 4.79 Å². The molecule has 0 aromatic heterocycles. The van der Waals surface area contributed by atoms with Gasteiger partial charge in [0.1, 0.15) is 0 Å². The van der Waals surface area contributed by atoms with Crippen LogP contribution in [0.25, 0.3) is 0 Å². The summed E-state index contributed by atoms with van der Waals surface area (Å²) in [5.41, 5.74) is 3.32. The highest BCUT2D eigenvalue weighted by molar-refractivity contribution is 5.79. The van der Waals surface area contributed by atoms with Gasteiger partial charge in [-0.2, -0.15) is 0 Å². The van der Waals surface area contributed by atoms with Crippen LogP contribution in [0, 0.1) is 5.92 Å². The van der Waals surface area contributed by atoms with Gasteiger partial charge in [-0.15, -0.1) is 0 Å². The number of amides is 1. The first-order valence-corrected chi connectivity index (χ1v) is 5.44. The van der Waals surface area contributed by atoms with Crippen molar-refractivity contribution in [1.82, 2.24) is 10.4 Å². The summed E-state index contributed by atoms with van der Waals surface area (Å²) in [7, 11) is 0. The normalized spacial score (nSPS) is 38.0. The van der Waals surface area contributed by atoms with Crippen LogP contribution in [0.1, 0.15) is 38.5 Å². The number of carbonyl (C=O) groups excluding carboxylic acids is 1. The average Bonchev–Trinajstić information content (AvgIpc) is 2.59. The minimum atomic E-state index is 0.354. The van der Waals surface area contributed by atoms with Crippen LogP contribution < -0.4 is 5.43 Å². The summed E-state index contributed by atoms with van der Waals surface area (Å²) in [5, 5.41) is 1.94. The standard InChI is InChI=1S/C10H16N2O/c13-10(7-2-1-3-7)12-9-5-4-8(6-9)11-12/h7-9,11H,1-6H2. The van der Waals surface area contributed by atoms with Gasteiger partial charge in [0, 0.05) is 18.0 Å². The van der Waals surface area contributed by atoms with E-state index in [1.54, 1.807) is 0 Å². The third kappa shape index (κ3) is 1.10. The minimum absolute atomic E-state index is 0.354. The van der Waals surface area contributed by atoms with Crippen molar-refractivity contribution in [1.29, 1.82) is 0 Å². The molecule has 1 N–H and O–H groups in total. The molecular weight excluding hydrogens is 164 g/mol. The van der Waals surface area contributed by atoms with Crippen LogP contribution in [0.15, 0.2) is 0 Å². The van der Waals surface area contributed by atoms with Gasteiger partial charge < -0.3 is 0 Å². The predicted octanol–water partition coefficient (Wildman–Crippen LogP) is 1.05. The molecule has 3 fully saturated rings. The Hall–Kier alpha value is -0.570. The van der Waals surface area contributed by atoms with E-state index >= 15 is 0 Å². The molecule has 2 bridgehead atoms. The van der Waals surface area contributed by atoms with Crippen molar-refractivity contribution in [2.75, 3.05) is 0 Å². The molecular formula is C10H16N2O. The smallest absolute Gasteiger partial charge is 0.240 e. The average molecular weight is 180 g/mol. The van der Waals surface area contributed by atoms with Crippen molar-refractivity contribution in [3.63, 3.8) is 0 Å². The molecule has 0 radical (unpaired) electrons. The van der Waals surface area contributed by atoms with E-state index in [4.69, 9.17) is 0 Å². The highest BCUT2D eigenvalue weighted by Crippen LogP contribution is 2.35. The summed E-state index contributed by atoms with van der Waals surface area (Å²) in [6.45, 7) is 0. The Labute approximate surface area is 78.4 Å². The molecule has 3 heteroatoms. The van der Waals surface area contributed by atoms with Crippen molar-refractivity contribution < 1.29 is 4.79 Å². The molecule has 2 atom stereocenters. The van der Waals surface area contributed by atoms with Crippen molar-refractivity contribution in [3.05, 3.63) is 0 Å². The second kappa shape index (κ2) is 2.71. The summed E-state index contributed by atoms with van der Waals surface area (Å²) < 4.78 is 0. The Morgan fingerprint density at radius 2 is 2.08 bits per heavy atom. The number of hydrazine groups is 1. The molecule has 1 amide bonds. The lowest BCUT2D eigenvalue weighted by Crippen LogP contribution is -2.50. The molecule has 0 aromatic rings. The first-order chi connectivity index (χ1) is 6.34. The molecule has 1 saturated heterocycles. The maximum Gasteiger partial charge on any atom is 0.240 e. The zero-order chi connectivity index (χ0) is 8.84. The maximum atomic E-state index is 11.9. The summed E-state index contributed by atoms with van der Waals surface area (Å²) in [6.07, 6.45) is 7.16. The highest BCUT2D eigenvalue weighted by Gasteiger charge is 2.42. The van der Waals surface area contributed by atoms with E-state index in [0.29, 0.717) is 23.9 Å². The first-order valence-electron chi connectivity index (χ1n) is 5.44. The van der Waals surface area contributed by atoms with Crippen molar-refractivity contribution in [3.8, 4) is 0 Å². The van der Waals surface area contributed by atoms with Gasteiger partial charge in [0.2, 0.25) is 5.91 Å². The van der Waals surface area contributed by atoms with Gasteiger partial charge in [0.15, 0.2) is 0 Å². The van der Waals surface area contributed by atoms with Crippen molar-refractivity contribution >= 4 is 5.91 Å². The van der Waals surface area contributed by atoms with E-state index in [1.807, 2.05) is 5.01 Å². The molecule has 1 heterocycles. The second-order valence-corrected chi connectivity index (χ2v) is 4.63. The zero-order valence-electron chi connectivity index (χ0n) is 7.83. The summed E-state index contributed by atoms with van der Waals surface area (Å²) in [6, 6.07) is 1.13. The van der Waals surface area contributed by atoms with Gasteiger partial charge in [-0.05, 0) is 32.1 Å². The zero-order valence-corrected chi connectivity index (χ0v) is 7.83. The monoisotopic (exact) mass is 180 g/mol. The fourth-order valence-electron chi connectivity index (χ4n) is 2.71. The van der Waals surface area contributed by atoms with E-state index in [0.717, 1.165) is 12.8 Å². The number of nitrogens with one attached hydrogen (secondary N) is 1. The number of rotatable bonds is 1. The number of fused-ring (bicyclic) bond motifs is 2. The lowest BCUT2D eigenvalue weighted by molar-refractivity contribution is -0.143. The van der Waals surface area contributed by atoms with Crippen LogP contribution in [0.3, 0.4) is 0 Å². The number of hydrogen-bond donors (Lipinski definition) is 1. The molecule has 2 saturated carbocycles. The Morgan fingerprint density at radius 3 is 2.54 bits per heavy atom. The number of carbonyl (C=O) groups is 1. The number of hydrogen-bond acceptors (Lipinski definition) is 2. The Morgan fingerprint density at radius 1 is 1.23 bits per heavy atom. The Bertz CT molecular complexity index is 237. The van der Waals surface area contributed by atoms with Gasteiger partial charge in [0.25, 0.3) is 0 Å². The van der Waals surface area contributed by atoms with Gasteiger partial charge in [-0.1, -0.05) is 6.42 Å². The molecule has 3 aliphatic rings. The molecule has 72 valence electrons. The second-order valence-electron chi connectivity index (χ2n) is 4.63. The van der Waals surface area contributed by atoms with E-state index < -0.39 is 0 Å². The summed E-state index contributed by atoms with van der Waals surface area (Å²) in [5.74, 6) is 0.727. The van der Waals surface area contributed by atoms with Crippen LogP contribution in [0.2, 0.25) is 0 Å². The minimum Gasteiger partial charge on any atom is -0.274 e. The molecule has 3 nitrogen and oxygen atoms in total. The maximum absolute atomic E-state index is 11.9. The molecule has 2 aliphatic carbocycles. The van der Waals surface area contributed by atoms with Crippen molar-refractivity contribution in [2.24, 2.45) is 5.92 Å². The third-order valence-corrected chi connectivity index (χ3v) is 3.78. The largest absolute Gasteiger partial charge is 0.274 e. The third-order valence-electron chi connectivity index (χ3n) is 3.78. The summed E-state index contributed by atoms with van der Waals surface area (Å²) in [4.78, 5) is 11.9. The molecule has 0 aromatic carbocycles. The van der Waals surface area contributed by atoms with Gasteiger partial charge in [-0.25, -0.2) is 5.43 Å². The van der Waals surface area contributed by atoms with Crippen LogP contribution in [0.4, 0.5) is 0 Å². The van der Waals surface area contributed by atoms with E-state index in [1.165, 1.54) is 25.7 Å². The topological polar surface area (TPSA) is 32.3 Å². The predicted molar refractivity (Wildman–Crippen MR) is 48.7 cm³/mol. The first kappa shape index (κ1) is 7.80. The molecule has 13 heavy (non-hydrogen) atoms. The fourth-order valence-corrected chi connectivity index (χ4v) is 2.71. The van der Waals surface area contributed by atoms with Crippen LogP contribution >= 0.6 is 0 Å². The lowest BCUT2D eigenvalue weighted by Gasteiger charge is -2.34. The quantitative estimate of drug-likeness (QED) is 0.654. The fraction of sp³-hybridized carbons (Fsp3) is 0.900.